The van der Waals surface area contributed by atoms with Gasteiger partial charge in [0.25, 0.3) is 0 Å². The summed E-state index contributed by atoms with van der Waals surface area (Å²) in [7, 11) is 0. The third kappa shape index (κ3) is 5.53. The fourth-order valence-corrected chi connectivity index (χ4v) is 1.97. The van der Waals surface area contributed by atoms with Gasteiger partial charge in [-0.05, 0) is 52.1 Å². The summed E-state index contributed by atoms with van der Waals surface area (Å²) in [5.74, 6) is 0.777. The van der Waals surface area contributed by atoms with Crippen LogP contribution in [-0.4, -0.2) is 36.6 Å². The fraction of sp³-hybridized carbons (Fsp3) is 1.00. The molecule has 0 amide bonds. The molecule has 0 aromatic heterocycles. The predicted octanol–water partition coefficient (Wildman–Crippen LogP) is 2.49. The minimum atomic E-state index is 0.688. The van der Waals surface area contributed by atoms with Crippen molar-refractivity contribution in [3.8, 4) is 0 Å². The molecule has 1 saturated carbocycles. The second-order valence-corrected chi connectivity index (χ2v) is 5.38. The van der Waals surface area contributed by atoms with Crippen molar-refractivity contribution in [1.82, 2.24) is 10.2 Å². The number of nitrogens with one attached hydrogen (secondary N) is 1. The van der Waals surface area contributed by atoms with Gasteiger partial charge in [0.15, 0.2) is 0 Å². The fourth-order valence-electron chi connectivity index (χ4n) is 1.97. The van der Waals surface area contributed by atoms with E-state index < -0.39 is 0 Å². The Hall–Kier alpha value is -0.0800. The van der Waals surface area contributed by atoms with Gasteiger partial charge in [-0.3, -0.25) is 0 Å². The van der Waals surface area contributed by atoms with Crippen LogP contribution in [0.5, 0.6) is 0 Å². The Labute approximate surface area is 95.4 Å². The van der Waals surface area contributed by atoms with Crippen molar-refractivity contribution in [3.63, 3.8) is 0 Å². The normalized spacial score (nSPS) is 18.8. The van der Waals surface area contributed by atoms with Crippen LogP contribution in [-0.2, 0) is 0 Å². The van der Waals surface area contributed by atoms with Crippen LogP contribution in [0.1, 0.15) is 47.0 Å². The first-order chi connectivity index (χ1) is 7.13. The summed E-state index contributed by atoms with van der Waals surface area (Å²) in [6, 6.07) is 1.54. The molecule has 1 atom stereocenters. The molecule has 0 aliphatic heterocycles. The van der Waals surface area contributed by atoms with Gasteiger partial charge in [0, 0.05) is 18.6 Å². The van der Waals surface area contributed by atoms with Crippen molar-refractivity contribution in [3.05, 3.63) is 0 Å². The van der Waals surface area contributed by atoms with Gasteiger partial charge < -0.3 is 10.2 Å². The summed E-state index contributed by atoms with van der Waals surface area (Å²) in [5, 5.41) is 3.62. The first-order valence-corrected chi connectivity index (χ1v) is 6.61. The predicted molar refractivity (Wildman–Crippen MR) is 67.2 cm³/mol. The Balaban J connectivity index is 2.15. The van der Waals surface area contributed by atoms with E-state index in [0.29, 0.717) is 6.04 Å². The lowest BCUT2D eigenvalue weighted by Gasteiger charge is -2.29. The lowest BCUT2D eigenvalue weighted by Crippen LogP contribution is -2.38. The van der Waals surface area contributed by atoms with E-state index in [-0.39, 0.29) is 0 Å². The molecular formula is C13H28N2. The summed E-state index contributed by atoms with van der Waals surface area (Å²) in [5.41, 5.74) is 0. The van der Waals surface area contributed by atoms with Gasteiger partial charge in [0.2, 0.25) is 0 Å². The third-order valence-electron chi connectivity index (χ3n) is 3.12. The van der Waals surface area contributed by atoms with Crippen LogP contribution in [0.3, 0.4) is 0 Å². The summed E-state index contributed by atoms with van der Waals surface area (Å²) in [6.07, 6.45) is 4.06. The van der Waals surface area contributed by atoms with E-state index in [2.05, 4.69) is 37.9 Å². The van der Waals surface area contributed by atoms with Crippen LogP contribution in [0.4, 0.5) is 0 Å². The Bertz CT molecular complexity index is 164. The molecule has 0 heterocycles. The van der Waals surface area contributed by atoms with Crippen molar-refractivity contribution in [1.29, 1.82) is 0 Å². The van der Waals surface area contributed by atoms with Gasteiger partial charge in [-0.25, -0.2) is 0 Å². The van der Waals surface area contributed by atoms with Gasteiger partial charge in [0.05, 0.1) is 0 Å². The van der Waals surface area contributed by atoms with Crippen LogP contribution in [0, 0.1) is 5.92 Å². The van der Waals surface area contributed by atoms with E-state index in [1.165, 1.54) is 38.9 Å². The van der Waals surface area contributed by atoms with Crippen LogP contribution in [0.25, 0.3) is 0 Å². The lowest BCUT2D eigenvalue weighted by molar-refractivity contribution is 0.191. The quantitative estimate of drug-likeness (QED) is 0.665. The highest BCUT2D eigenvalue weighted by Crippen LogP contribution is 2.18. The Morgan fingerprint density at radius 1 is 1.27 bits per heavy atom. The average molecular weight is 212 g/mol. The van der Waals surface area contributed by atoms with Gasteiger partial charge in [-0.15, -0.1) is 0 Å². The Morgan fingerprint density at radius 2 is 1.93 bits per heavy atom. The van der Waals surface area contributed by atoms with Gasteiger partial charge >= 0.3 is 0 Å². The highest BCUT2D eigenvalue weighted by Gasteiger charge is 2.21. The molecular weight excluding hydrogens is 184 g/mol. The Morgan fingerprint density at radius 3 is 2.40 bits per heavy atom. The highest BCUT2D eigenvalue weighted by molar-refractivity contribution is 4.81. The largest absolute Gasteiger partial charge is 0.314 e. The zero-order valence-corrected chi connectivity index (χ0v) is 10.9. The smallest absolute Gasteiger partial charge is 0.00683 e. The van der Waals surface area contributed by atoms with Crippen LogP contribution in [0.2, 0.25) is 0 Å². The lowest BCUT2D eigenvalue weighted by atomic mass is 10.1. The van der Waals surface area contributed by atoms with Crippen molar-refractivity contribution in [2.24, 2.45) is 5.92 Å². The number of nitrogens with zero attached hydrogens (tertiary/aromatic N) is 1. The summed E-state index contributed by atoms with van der Waals surface area (Å²) < 4.78 is 0. The monoisotopic (exact) mass is 212 g/mol. The molecule has 90 valence electrons. The van der Waals surface area contributed by atoms with Gasteiger partial charge in [-0.1, -0.05) is 13.8 Å². The maximum Gasteiger partial charge on any atom is 0.00683 e. The minimum Gasteiger partial charge on any atom is -0.314 e. The summed E-state index contributed by atoms with van der Waals surface area (Å²) in [4.78, 5) is 2.60. The summed E-state index contributed by atoms with van der Waals surface area (Å²) >= 11 is 0. The molecule has 0 radical (unpaired) electrons. The molecule has 1 rings (SSSR count). The third-order valence-corrected chi connectivity index (χ3v) is 3.12. The van der Waals surface area contributed by atoms with Gasteiger partial charge in [0.1, 0.15) is 0 Å². The minimum absolute atomic E-state index is 0.688. The number of hydrogen-bond donors (Lipinski definition) is 1. The zero-order valence-electron chi connectivity index (χ0n) is 10.9. The first-order valence-electron chi connectivity index (χ1n) is 6.61. The molecule has 1 unspecified atom stereocenters. The highest BCUT2D eigenvalue weighted by atomic mass is 15.1. The molecule has 2 nitrogen and oxygen atoms in total. The maximum atomic E-state index is 3.62. The number of hydrogen-bond acceptors (Lipinski definition) is 2. The van der Waals surface area contributed by atoms with Crippen molar-refractivity contribution in [2.75, 3.05) is 19.6 Å². The molecule has 0 spiro atoms. The molecule has 1 fully saturated rings. The average Bonchev–Trinajstić information content (AvgIpc) is 2.97. The molecule has 0 aromatic rings. The van der Waals surface area contributed by atoms with Crippen molar-refractivity contribution >= 4 is 0 Å². The molecule has 0 saturated heterocycles. The topological polar surface area (TPSA) is 15.3 Å². The van der Waals surface area contributed by atoms with Crippen LogP contribution in [0.15, 0.2) is 0 Å². The van der Waals surface area contributed by atoms with E-state index in [1.807, 2.05) is 0 Å². The van der Waals surface area contributed by atoms with Crippen LogP contribution >= 0.6 is 0 Å². The first kappa shape index (κ1) is 13.0. The van der Waals surface area contributed by atoms with Crippen LogP contribution < -0.4 is 5.32 Å². The van der Waals surface area contributed by atoms with E-state index >= 15 is 0 Å². The standard InChI is InChI=1S/C13H28N2/c1-5-8-15(11(2)3)10-12(4)9-14-13-6-7-13/h11-14H,5-10H2,1-4H3. The molecule has 1 aliphatic rings. The van der Waals surface area contributed by atoms with Crippen molar-refractivity contribution in [2.45, 2.75) is 59.0 Å². The molecule has 2 heteroatoms. The summed E-state index contributed by atoms with van der Waals surface area (Å²) in [6.45, 7) is 12.9. The molecule has 0 bridgehead atoms. The number of rotatable bonds is 8. The van der Waals surface area contributed by atoms with E-state index in [9.17, 15) is 0 Å². The maximum absolute atomic E-state index is 3.62. The van der Waals surface area contributed by atoms with E-state index in [0.717, 1.165) is 12.0 Å². The molecule has 15 heavy (non-hydrogen) atoms. The zero-order chi connectivity index (χ0) is 11.3. The Kier molecular flexibility index (Phi) is 5.62. The second-order valence-electron chi connectivity index (χ2n) is 5.38. The SMILES string of the molecule is CCCN(CC(C)CNC1CC1)C(C)C. The van der Waals surface area contributed by atoms with E-state index in [1.54, 1.807) is 0 Å². The molecule has 1 N–H and O–H groups in total. The van der Waals surface area contributed by atoms with E-state index in [4.69, 9.17) is 0 Å². The van der Waals surface area contributed by atoms with Crippen molar-refractivity contribution < 1.29 is 0 Å². The molecule has 1 aliphatic carbocycles. The van der Waals surface area contributed by atoms with Gasteiger partial charge in [-0.2, -0.15) is 0 Å². The molecule has 0 aromatic carbocycles. The second kappa shape index (κ2) is 6.49.